The molecule has 0 saturated carbocycles. The van der Waals surface area contributed by atoms with E-state index in [1.807, 2.05) is 0 Å². The molecule has 0 heterocycles. The second-order valence-corrected chi connectivity index (χ2v) is 6.38. The lowest BCUT2D eigenvalue weighted by Crippen LogP contribution is -2.31. The van der Waals surface area contributed by atoms with E-state index in [2.05, 4.69) is 21.0 Å². The molecule has 0 N–H and O–H groups in total. The van der Waals surface area contributed by atoms with Gasteiger partial charge in [-0.25, -0.2) is 4.79 Å². The molecular weight excluding hydrogens is 330 g/mol. The number of halogens is 2. The molecule has 0 saturated heterocycles. The number of carbonyl (C=O) groups excluding carboxylic acids is 1. The zero-order chi connectivity index (χ0) is 17.6. The van der Waals surface area contributed by atoms with E-state index in [9.17, 15) is 18.8 Å². The minimum absolute atomic E-state index is 0.529. The highest BCUT2D eigenvalue weighted by Crippen LogP contribution is 2.31. The van der Waals surface area contributed by atoms with E-state index in [4.69, 9.17) is 0 Å². The van der Waals surface area contributed by atoms with E-state index < -0.39 is 29.4 Å². The number of unbranched alkanes of at least 4 members (excludes halogenated alkanes) is 8. The summed E-state index contributed by atoms with van der Waals surface area (Å²) in [4.78, 5) is 11.2. The number of hydrogen-bond acceptors (Lipinski definition) is 6. The molecule has 0 aromatic carbocycles. The van der Waals surface area contributed by atoms with Crippen molar-refractivity contribution in [3.05, 3.63) is 0 Å². The van der Waals surface area contributed by atoms with Crippen molar-refractivity contribution in [3.63, 3.8) is 0 Å². The number of esters is 1. The molecule has 138 valence electrons. The van der Waals surface area contributed by atoms with Crippen LogP contribution >= 0.6 is 12.0 Å². The first kappa shape index (κ1) is 22.6. The lowest BCUT2D eigenvalue weighted by Gasteiger charge is -2.18. The van der Waals surface area contributed by atoms with Crippen LogP contribution in [0.3, 0.4) is 0 Å². The highest BCUT2D eigenvalue weighted by molar-refractivity contribution is 7.96. The van der Waals surface area contributed by atoms with Crippen LogP contribution in [0.4, 0.5) is 8.78 Å². The zero-order valence-corrected chi connectivity index (χ0v) is 14.7. The fourth-order valence-corrected chi connectivity index (χ4v) is 2.37. The molecule has 8 heteroatoms. The first-order chi connectivity index (χ1) is 10.9. The molecule has 0 rings (SSSR count). The molecule has 23 heavy (non-hydrogen) atoms. The average molecular weight is 357 g/mol. The normalized spacial score (nSPS) is 13.1. The molecule has 0 bridgehead atoms. The Morgan fingerprint density at radius 3 is 2.13 bits per heavy atom. The van der Waals surface area contributed by atoms with Gasteiger partial charge in [0.25, 0.3) is 0 Å². The summed E-state index contributed by atoms with van der Waals surface area (Å²) >= 11 is -0.671. The Kier molecular flexibility index (Phi) is 13.7. The molecule has 0 amide bonds. The van der Waals surface area contributed by atoms with Crippen molar-refractivity contribution in [2.75, 3.05) is 0 Å². The third kappa shape index (κ3) is 12.6. The zero-order valence-electron chi connectivity index (χ0n) is 13.9. The van der Waals surface area contributed by atoms with Crippen LogP contribution in [0.15, 0.2) is 0 Å². The molecule has 1 unspecified atom stereocenters. The van der Waals surface area contributed by atoms with Crippen molar-refractivity contribution in [2.45, 2.75) is 89.4 Å². The maximum atomic E-state index is 13.1. The van der Waals surface area contributed by atoms with Gasteiger partial charge in [-0.15, -0.1) is 0 Å². The minimum atomic E-state index is -3.96. The van der Waals surface area contributed by atoms with Crippen molar-refractivity contribution in [3.8, 4) is 0 Å². The highest BCUT2D eigenvalue weighted by atomic mass is 32.2. The lowest BCUT2D eigenvalue weighted by molar-refractivity contribution is -0.777. The quantitative estimate of drug-likeness (QED) is 0.143. The van der Waals surface area contributed by atoms with Crippen molar-refractivity contribution in [1.82, 2.24) is 0 Å². The molecule has 0 aromatic rings. The fraction of sp³-hybridized carbons (Fsp3) is 0.933. The number of alkyl halides is 2. The van der Waals surface area contributed by atoms with Gasteiger partial charge in [0, 0.05) is 0 Å². The summed E-state index contributed by atoms with van der Waals surface area (Å²) in [5.41, 5.74) is 0. The second kappa shape index (κ2) is 13.9. The van der Waals surface area contributed by atoms with Crippen molar-refractivity contribution < 1.29 is 32.9 Å². The number of hydrogen-bond donors (Lipinski definition) is 0. The Balaban J connectivity index is 3.63. The largest absolute Gasteiger partial charge is 0.691 e. The standard InChI is InChI=1S/C15H28F2O5S/c1-3-4-5-6-7-8-9-10-11-12-13(2)20-14(18)15(16,17)23-22-21-19/h13,19H,3-12H2,1-2H3/p-1. The van der Waals surface area contributed by atoms with Gasteiger partial charge >= 0.3 is 11.2 Å². The average Bonchev–Trinajstić information content (AvgIpc) is 2.51. The monoisotopic (exact) mass is 357 g/mol. The van der Waals surface area contributed by atoms with Gasteiger partial charge in [0.05, 0.1) is 6.10 Å². The van der Waals surface area contributed by atoms with E-state index in [0.717, 1.165) is 19.3 Å². The van der Waals surface area contributed by atoms with Gasteiger partial charge in [-0.3, -0.25) is 5.04 Å². The molecular formula is C15H27F2O5S-. The van der Waals surface area contributed by atoms with Crippen LogP contribution in [0.5, 0.6) is 0 Å². The van der Waals surface area contributed by atoms with Crippen molar-refractivity contribution in [2.24, 2.45) is 0 Å². The van der Waals surface area contributed by atoms with E-state index in [1.54, 1.807) is 6.92 Å². The minimum Gasteiger partial charge on any atom is -0.691 e. The third-order valence-corrected chi connectivity index (χ3v) is 3.93. The molecule has 0 aromatic heterocycles. The van der Waals surface area contributed by atoms with Crippen LogP contribution in [0.2, 0.25) is 0 Å². The van der Waals surface area contributed by atoms with Crippen LogP contribution in [-0.4, -0.2) is 17.3 Å². The third-order valence-electron chi connectivity index (χ3n) is 3.43. The van der Waals surface area contributed by atoms with Crippen LogP contribution in [0.1, 0.15) is 78.1 Å². The number of rotatable bonds is 15. The smallest absolute Gasteiger partial charge is 0.415 e. The fourth-order valence-electron chi connectivity index (χ4n) is 2.14. The number of carbonyl (C=O) groups is 1. The van der Waals surface area contributed by atoms with Gasteiger partial charge in [0.1, 0.15) is 12.0 Å². The second-order valence-electron chi connectivity index (χ2n) is 5.57. The van der Waals surface area contributed by atoms with E-state index in [-0.39, 0.29) is 0 Å². The Morgan fingerprint density at radius 1 is 1.09 bits per heavy atom. The molecule has 0 radical (unpaired) electrons. The van der Waals surface area contributed by atoms with Gasteiger partial charge in [0.2, 0.25) is 0 Å². The Bertz CT molecular complexity index is 306. The predicted octanol–water partition coefficient (Wildman–Crippen LogP) is 4.30. The van der Waals surface area contributed by atoms with Gasteiger partial charge in [-0.1, -0.05) is 58.3 Å². The summed E-state index contributed by atoms with van der Waals surface area (Å²) in [6.45, 7) is 3.75. The summed E-state index contributed by atoms with van der Waals surface area (Å²) in [5, 5.41) is 8.32. The predicted molar refractivity (Wildman–Crippen MR) is 82.1 cm³/mol. The maximum absolute atomic E-state index is 13.1. The molecule has 1 atom stereocenters. The molecule has 5 nitrogen and oxygen atoms in total. The van der Waals surface area contributed by atoms with E-state index in [0.29, 0.717) is 6.42 Å². The molecule has 0 fully saturated rings. The van der Waals surface area contributed by atoms with Gasteiger partial charge in [-0.05, 0) is 19.8 Å². The van der Waals surface area contributed by atoms with Gasteiger partial charge < -0.3 is 9.99 Å². The van der Waals surface area contributed by atoms with Crippen molar-refractivity contribution >= 4 is 18.0 Å². The SMILES string of the molecule is CCCCCCCCCCCC(C)OC(=O)C(F)(F)SOO[O-]. The molecule has 0 spiro atoms. The molecule has 0 aliphatic heterocycles. The topological polar surface area (TPSA) is 67.8 Å². The number of ether oxygens (including phenoxy) is 1. The van der Waals surface area contributed by atoms with E-state index in [1.165, 1.54) is 38.5 Å². The van der Waals surface area contributed by atoms with E-state index >= 15 is 0 Å². The van der Waals surface area contributed by atoms with Crippen LogP contribution in [-0.2, 0) is 18.9 Å². The van der Waals surface area contributed by atoms with Crippen molar-refractivity contribution in [1.29, 1.82) is 0 Å². The summed E-state index contributed by atoms with van der Waals surface area (Å²) in [5.74, 6) is -1.73. The maximum Gasteiger partial charge on any atom is 0.415 e. The first-order valence-electron chi connectivity index (χ1n) is 8.17. The summed E-state index contributed by atoms with van der Waals surface area (Å²) in [6.07, 6.45) is 10.3. The van der Waals surface area contributed by atoms with Gasteiger partial charge in [0.15, 0.2) is 0 Å². The summed E-state index contributed by atoms with van der Waals surface area (Å²) in [7, 11) is 0. The van der Waals surface area contributed by atoms with Crippen LogP contribution < -0.4 is 5.26 Å². The Morgan fingerprint density at radius 2 is 1.61 bits per heavy atom. The lowest BCUT2D eigenvalue weighted by atomic mass is 10.1. The Labute approximate surface area is 141 Å². The molecule has 0 aliphatic carbocycles. The van der Waals surface area contributed by atoms with Gasteiger partial charge in [-0.2, -0.15) is 13.1 Å². The first-order valence-corrected chi connectivity index (χ1v) is 8.91. The Hall–Kier alpha value is -0.440. The summed E-state index contributed by atoms with van der Waals surface area (Å²) in [6, 6.07) is 0. The molecule has 0 aliphatic rings. The van der Waals surface area contributed by atoms with Crippen LogP contribution in [0, 0.1) is 0 Å². The highest BCUT2D eigenvalue weighted by Gasteiger charge is 2.44. The summed E-state index contributed by atoms with van der Waals surface area (Å²) < 4.78 is 34.4. The van der Waals surface area contributed by atoms with Crippen LogP contribution in [0.25, 0.3) is 0 Å².